The van der Waals surface area contributed by atoms with E-state index in [2.05, 4.69) is 17.3 Å². The van der Waals surface area contributed by atoms with Crippen molar-refractivity contribution in [2.45, 2.75) is 25.7 Å². The number of nitrogens with zero attached hydrogens (tertiary/aromatic N) is 1. The van der Waals surface area contributed by atoms with Crippen molar-refractivity contribution in [2.75, 3.05) is 46.9 Å². The molecule has 2 fully saturated rings. The van der Waals surface area contributed by atoms with Gasteiger partial charge in [0.05, 0.1) is 13.2 Å². The van der Waals surface area contributed by atoms with E-state index in [-0.39, 0.29) is 0 Å². The van der Waals surface area contributed by atoms with Crippen LogP contribution in [0.2, 0.25) is 0 Å². The molecule has 2 heterocycles. The summed E-state index contributed by atoms with van der Waals surface area (Å²) in [7, 11) is 4.28. The first kappa shape index (κ1) is 12.3. The van der Waals surface area contributed by atoms with Crippen LogP contribution in [0.5, 0.6) is 0 Å². The van der Waals surface area contributed by atoms with Crippen molar-refractivity contribution in [2.24, 2.45) is 11.3 Å². The third-order valence-corrected chi connectivity index (χ3v) is 4.47. The van der Waals surface area contributed by atoms with Gasteiger partial charge in [0.2, 0.25) is 0 Å². The Morgan fingerprint density at radius 1 is 1.31 bits per heavy atom. The van der Waals surface area contributed by atoms with Gasteiger partial charge in [-0.1, -0.05) is 0 Å². The number of nitrogens with one attached hydrogen (secondary N) is 1. The van der Waals surface area contributed by atoms with Crippen molar-refractivity contribution < 1.29 is 4.74 Å². The summed E-state index contributed by atoms with van der Waals surface area (Å²) in [4.78, 5) is 2.46. The first-order valence-corrected chi connectivity index (χ1v) is 6.68. The summed E-state index contributed by atoms with van der Waals surface area (Å²) in [6.07, 6.45) is 5.40. The topological polar surface area (TPSA) is 24.5 Å². The molecule has 3 nitrogen and oxygen atoms in total. The Bertz CT molecular complexity index is 208. The number of ether oxygens (including phenoxy) is 1. The zero-order chi connectivity index (χ0) is 11.4. The zero-order valence-corrected chi connectivity index (χ0v) is 10.8. The van der Waals surface area contributed by atoms with E-state index in [1.807, 2.05) is 7.05 Å². The van der Waals surface area contributed by atoms with E-state index < -0.39 is 0 Å². The lowest BCUT2D eigenvalue weighted by Gasteiger charge is -2.50. The SMILES string of the molecule is CNCCCC1(C2CCN(C)CC2)COC1. The molecule has 1 N–H and O–H groups in total. The van der Waals surface area contributed by atoms with Crippen molar-refractivity contribution in [3.05, 3.63) is 0 Å². The van der Waals surface area contributed by atoms with Gasteiger partial charge in [-0.2, -0.15) is 0 Å². The Morgan fingerprint density at radius 2 is 2.00 bits per heavy atom. The van der Waals surface area contributed by atoms with E-state index in [1.54, 1.807) is 0 Å². The number of hydrogen-bond acceptors (Lipinski definition) is 3. The molecule has 2 aliphatic rings. The van der Waals surface area contributed by atoms with E-state index in [1.165, 1.54) is 38.8 Å². The van der Waals surface area contributed by atoms with E-state index in [4.69, 9.17) is 4.74 Å². The maximum atomic E-state index is 5.51. The minimum atomic E-state index is 0.540. The molecular formula is C13H26N2O. The van der Waals surface area contributed by atoms with Gasteiger partial charge in [-0.05, 0) is 65.3 Å². The Kier molecular flexibility index (Phi) is 4.22. The summed E-state index contributed by atoms with van der Waals surface area (Å²) in [5, 5.41) is 3.25. The molecule has 0 bridgehead atoms. The molecular weight excluding hydrogens is 200 g/mol. The standard InChI is InChI=1S/C13H26N2O/c1-14-7-3-6-13(10-16-11-13)12-4-8-15(2)9-5-12/h12,14H,3-11H2,1-2H3. The quantitative estimate of drug-likeness (QED) is 0.716. The van der Waals surface area contributed by atoms with Crippen LogP contribution in [0.1, 0.15) is 25.7 Å². The number of rotatable bonds is 5. The average Bonchev–Trinajstić information content (AvgIpc) is 2.24. The van der Waals surface area contributed by atoms with Gasteiger partial charge in [-0.3, -0.25) is 0 Å². The van der Waals surface area contributed by atoms with Crippen molar-refractivity contribution in [1.29, 1.82) is 0 Å². The number of piperidine rings is 1. The largest absolute Gasteiger partial charge is 0.380 e. The fourth-order valence-corrected chi connectivity index (χ4v) is 3.19. The summed E-state index contributed by atoms with van der Waals surface area (Å²) >= 11 is 0. The molecule has 3 heteroatoms. The van der Waals surface area contributed by atoms with Crippen molar-refractivity contribution in [1.82, 2.24) is 10.2 Å². The number of hydrogen-bond donors (Lipinski definition) is 1. The normalized spacial score (nSPS) is 26.6. The van der Waals surface area contributed by atoms with Crippen LogP contribution in [0.25, 0.3) is 0 Å². The second-order valence-electron chi connectivity index (χ2n) is 5.64. The van der Waals surface area contributed by atoms with Crippen LogP contribution in [0.3, 0.4) is 0 Å². The average molecular weight is 226 g/mol. The van der Waals surface area contributed by atoms with Gasteiger partial charge in [-0.15, -0.1) is 0 Å². The maximum Gasteiger partial charge on any atom is 0.0547 e. The van der Waals surface area contributed by atoms with Crippen molar-refractivity contribution >= 4 is 0 Å². The van der Waals surface area contributed by atoms with Crippen molar-refractivity contribution in [3.63, 3.8) is 0 Å². The fraction of sp³-hybridized carbons (Fsp3) is 1.00. The third-order valence-electron chi connectivity index (χ3n) is 4.47. The highest BCUT2D eigenvalue weighted by Gasteiger charge is 2.45. The molecule has 2 rings (SSSR count). The minimum absolute atomic E-state index is 0.540. The van der Waals surface area contributed by atoms with E-state index in [9.17, 15) is 0 Å². The Labute approximate surface area is 99.5 Å². The summed E-state index contributed by atoms with van der Waals surface area (Å²) in [5.41, 5.74) is 0.540. The lowest BCUT2D eigenvalue weighted by molar-refractivity contribution is -0.159. The van der Waals surface area contributed by atoms with Crippen LogP contribution in [-0.2, 0) is 4.74 Å². The molecule has 0 spiro atoms. The molecule has 0 aromatic rings. The predicted octanol–water partition coefficient (Wildman–Crippen LogP) is 1.34. The Morgan fingerprint density at radius 3 is 2.50 bits per heavy atom. The van der Waals surface area contributed by atoms with E-state index in [0.29, 0.717) is 5.41 Å². The van der Waals surface area contributed by atoms with Gasteiger partial charge in [-0.25, -0.2) is 0 Å². The highest BCUT2D eigenvalue weighted by atomic mass is 16.5. The molecule has 0 unspecified atom stereocenters. The lowest BCUT2D eigenvalue weighted by atomic mass is 9.67. The summed E-state index contributed by atoms with van der Waals surface area (Å²) < 4.78 is 5.51. The first-order valence-electron chi connectivity index (χ1n) is 6.68. The summed E-state index contributed by atoms with van der Waals surface area (Å²) in [6, 6.07) is 0. The van der Waals surface area contributed by atoms with Gasteiger partial charge in [0.1, 0.15) is 0 Å². The smallest absolute Gasteiger partial charge is 0.0547 e. The first-order chi connectivity index (χ1) is 7.77. The molecule has 0 amide bonds. The maximum absolute atomic E-state index is 5.51. The van der Waals surface area contributed by atoms with Crippen LogP contribution in [0, 0.1) is 11.3 Å². The van der Waals surface area contributed by atoms with Crippen LogP contribution in [0.4, 0.5) is 0 Å². The lowest BCUT2D eigenvalue weighted by Crippen LogP contribution is -2.51. The zero-order valence-electron chi connectivity index (χ0n) is 10.8. The molecule has 2 aliphatic heterocycles. The molecule has 0 atom stereocenters. The Balaban J connectivity index is 1.83. The molecule has 94 valence electrons. The van der Waals surface area contributed by atoms with Gasteiger partial charge in [0.25, 0.3) is 0 Å². The molecule has 0 saturated carbocycles. The van der Waals surface area contributed by atoms with Crippen LogP contribution in [0.15, 0.2) is 0 Å². The van der Waals surface area contributed by atoms with E-state index in [0.717, 1.165) is 25.7 Å². The van der Waals surface area contributed by atoms with Crippen molar-refractivity contribution in [3.8, 4) is 0 Å². The summed E-state index contributed by atoms with van der Waals surface area (Å²) in [6.45, 7) is 5.74. The molecule has 0 aliphatic carbocycles. The monoisotopic (exact) mass is 226 g/mol. The van der Waals surface area contributed by atoms with Crippen LogP contribution in [-0.4, -0.2) is 51.8 Å². The number of likely N-dealkylation sites (tertiary alicyclic amines) is 1. The molecule has 16 heavy (non-hydrogen) atoms. The summed E-state index contributed by atoms with van der Waals surface area (Å²) in [5.74, 6) is 0.911. The third kappa shape index (κ3) is 2.58. The van der Waals surface area contributed by atoms with Gasteiger partial charge in [0.15, 0.2) is 0 Å². The van der Waals surface area contributed by atoms with E-state index >= 15 is 0 Å². The van der Waals surface area contributed by atoms with Crippen LogP contribution < -0.4 is 5.32 Å². The minimum Gasteiger partial charge on any atom is -0.380 e. The van der Waals surface area contributed by atoms with Gasteiger partial charge >= 0.3 is 0 Å². The molecule has 0 aromatic carbocycles. The molecule has 0 radical (unpaired) electrons. The second-order valence-corrected chi connectivity index (χ2v) is 5.64. The molecule has 0 aromatic heterocycles. The Hall–Kier alpha value is -0.120. The van der Waals surface area contributed by atoms with Gasteiger partial charge < -0.3 is 15.0 Å². The highest BCUT2D eigenvalue weighted by Crippen LogP contribution is 2.44. The highest BCUT2D eigenvalue weighted by molar-refractivity contribution is 4.93. The van der Waals surface area contributed by atoms with Crippen LogP contribution >= 0.6 is 0 Å². The second kappa shape index (κ2) is 5.48. The predicted molar refractivity (Wildman–Crippen MR) is 66.6 cm³/mol. The molecule has 2 saturated heterocycles. The van der Waals surface area contributed by atoms with Gasteiger partial charge in [0, 0.05) is 5.41 Å². The fourth-order valence-electron chi connectivity index (χ4n) is 3.19.